The Morgan fingerprint density at radius 3 is 2.60 bits per heavy atom. The molecular formula is C8H9F3N2O2. The number of hydrogen-bond acceptors (Lipinski definition) is 2. The fourth-order valence-corrected chi connectivity index (χ4v) is 1.22. The Hall–Kier alpha value is -1.53. The summed E-state index contributed by atoms with van der Waals surface area (Å²) in [6, 6.07) is 0. The number of aromatic nitrogens is 2. The number of aromatic carboxylic acids is 1. The lowest BCUT2D eigenvalue weighted by Gasteiger charge is -2.10. The summed E-state index contributed by atoms with van der Waals surface area (Å²) in [4.78, 5) is 10.5. The lowest BCUT2D eigenvalue weighted by Crippen LogP contribution is -2.18. The van der Waals surface area contributed by atoms with Crippen molar-refractivity contribution >= 4 is 5.97 Å². The Labute approximate surface area is 83.3 Å². The molecule has 0 aromatic carbocycles. The van der Waals surface area contributed by atoms with E-state index >= 15 is 0 Å². The topological polar surface area (TPSA) is 55.1 Å². The van der Waals surface area contributed by atoms with E-state index in [0.717, 1.165) is 6.20 Å². The highest BCUT2D eigenvalue weighted by Crippen LogP contribution is 2.32. The lowest BCUT2D eigenvalue weighted by atomic mass is 10.2. The Kier molecular flexibility index (Phi) is 3.01. The molecule has 0 aliphatic rings. The van der Waals surface area contributed by atoms with Crippen molar-refractivity contribution < 1.29 is 23.1 Å². The quantitative estimate of drug-likeness (QED) is 0.851. The molecule has 84 valence electrons. The first-order chi connectivity index (χ1) is 6.88. The maximum atomic E-state index is 12.5. The number of rotatable bonds is 3. The van der Waals surface area contributed by atoms with Crippen LogP contribution in [0.5, 0.6) is 0 Å². The van der Waals surface area contributed by atoms with E-state index in [9.17, 15) is 18.0 Å². The van der Waals surface area contributed by atoms with E-state index in [1.165, 1.54) is 0 Å². The van der Waals surface area contributed by atoms with Crippen LogP contribution in [-0.2, 0) is 12.7 Å². The summed E-state index contributed by atoms with van der Waals surface area (Å²) in [6.07, 6.45) is -3.52. The van der Waals surface area contributed by atoms with Crippen molar-refractivity contribution in [3.63, 3.8) is 0 Å². The molecule has 1 heterocycles. The minimum atomic E-state index is -4.70. The number of carbonyl (C=O) groups is 1. The molecule has 0 amide bonds. The lowest BCUT2D eigenvalue weighted by molar-refractivity contribution is -0.144. The number of halogens is 3. The highest BCUT2D eigenvalue weighted by atomic mass is 19.4. The van der Waals surface area contributed by atoms with Crippen LogP contribution in [0.4, 0.5) is 13.2 Å². The van der Waals surface area contributed by atoms with Crippen LogP contribution in [0.3, 0.4) is 0 Å². The van der Waals surface area contributed by atoms with Crippen LogP contribution in [0.1, 0.15) is 29.4 Å². The predicted molar refractivity (Wildman–Crippen MR) is 44.5 cm³/mol. The van der Waals surface area contributed by atoms with Gasteiger partial charge in [-0.1, -0.05) is 6.92 Å². The van der Waals surface area contributed by atoms with Gasteiger partial charge in [0.05, 0.1) is 6.20 Å². The van der Waals surface area contributed by atoms with E-state index in [4.69, 9.17) is 5.11 Å². The number of carboxylic acid groups (broad SMARTS) is 1. The molecule has 0 bridgehead atoms. The maximum Gasteiger partial charge on any atom is 0.433 e. The van der Waals surface area contributed by atoms with E-state index in [0.29, 0.717) is 11.1 Å². The van der Waals surface area contributed by atoms with Crippen molar-refractivity contribution in [2.45, 2.75) is 26.1 Å². The zero-order chi connectivity index (χ0) is 11.6. The van der Waals surface area contributed by atoms with Crippen molar-refractivity contribution in [2.75, 3.05) is 0 Å². The van der Waals surface area contributed by atoms with Gasteiger partial charge in [-0.05, 0) is 6.42 Å². The summed E-state index contributed by atoms with van der Waals surface area (Å²) < 4.78 is 38.2. The van der Waals surface area contributed by atoms with Crippen molar-refractivity contribution in [1.82, 2.24) is 9.78 Å². The fourth-order valence-electron chi connectivity index (χ4n) is 1.22. The molecule has 0 saturated heterocycles. The molecule has 1 aromatic heterocycles. The summed E-state index contributed by atoms with van der Waals surface area (Å²) in [5.41, 5.74) is -2.01. The summed E-state index contributed by atoms with van der Waals surface area (Å²) in [5, 5.41) is 12.0. The molecule has 1 N–H and O–H groups in total. The molecule has 1 aromatic rings. The second kappa shape index (κ2) is 3.92. The average molecular weight is 222 g/mol. The SMILES string of the molecule is CCCn1ncc(C(=O)O)c1C(F)(F)F. The first-order valence-electron chi connectivity index (χ1n) is 4.24. The first-order valence-corrected chi connectivity index (χ1v) is 4.24. The molecule has 0 saturated carbocycles. The van der Waals surface area contributed by atoms with Crippen molar-refractivity contribution in [1.29, 1.82) is 0 Å². The second-order valence-corrected chi connectivity index (χ2v) is 2.93. The van der Waals surface area contributed by atoms with Crippen LogP contribution in [0.15, 0.2) is 6.20 Å². The van der Waals surface area contributed by atoms with Gasteiger partial charge in [-0.3, -0.25) is 4.68 Å². The fraction of sp³-hybridized carbons (Fsp3) is 0.500. The highest BCUT2D eigenvalue weighted by Gasteiger charge is 2.39. The predicted octanol–water partition coefficient (Wildman–Crippen LogP) is 2.01. The molecule has 0 aliphatic heterocycles. The molecule has 15 heavy (non-hydrogen) atoms. The molecule has 0 aliphatic carbocycles. The minimum Gasteiger partial charge on any atom is -0.478 e. The van der Waals surface area contributed by atoms with E-state index in [2.05, 4.69) is 5.10 Å². The normalized spacial score (nSPS) is 11.7. The van der Waals surface area contributed by atoms with Crippen molar-refractivity contribution in [3.05, 3.63) is 17.5 Å². The monoisotopic (exact) mass is 222 g/mol. The average Bonchev–Trinajstić information content (AvgIpc) is 2.47. The van der Waals surface area contributed by atoms with Gasteiger partial charge >= 0.3 is 12.1 Å². The van der Waals surface area contributed by atoms with E-state index in [-0.39, 0.29) is 6.54 Å². The molecular weight excluding hydrogens is 213 g/mol. The van der Waals surface area contributed by atoms with E-state index in [1.54, 1.807) is 6.92 Å². The molecule has 0 fully saturated rings. The molecule has 0 radical (unpaired) electrons. The highest BCUT2D eigenvalue weighted by molar-refractivity contribution is 5.88. The van der Waals surface area contributed by atoms with Gasteiger partial charge in [0.15, 0.2) is 5.69 Å². The Morgan fingerprint density at radius 1 is 1.60 bits per heavy atom. The summed E-state index contributed by atoms with van der Waals surface area (Å²) >= 11 is 0. The Bertz CT molecular complexity index is 370. The molecule has 7 heteroatoms. The van der Waals surface area contributed by atoms with Gasteiger partial charge in [-0.15, -0.1) is 0 Å². The minimum absolute atomic E-state index is 0.0438. The zero-order valence-electron chi connectivity index (χ0n) is 7.88. The molecule has 0 unspecified atom stereocenters. The number of aryl methyl sites for hydroxylation is 1. The number of carboxylic acids is 1. The van der Waals surface area contributed by atoms with Crippen LogP contribution in [0.25, 0.3) is 0 Å². The van der Waals surface area contributed by atoms with Crippen LogP contribution < -0.4 is 0 Å². The van der Waals surface area contributed by atoms with Gasteiger partial charge in [0.2, 0.25) is 0 Å². The summed E-state index contributed by atoms with van der Waals surface area (Å²) in [7, 11) is 0. The van der Waals surface area contributed by atoms with Crippen molar-refractivity contribution in [2.24, 2.45) is 0 Å². The number of nitrogens with zero attached hydrogens (tertiary/aromatic N) is 2. The van der Waals surface area contributed by atoms with Crippen LogP contribution in [0, 0.1) is 0 Å². The zero-order valence-corrected chi connectivity index (χ0v) is 7.88. The van der Waals surface area contributed by atoms with Gasteiger partial charge in [0.25, 0.3) is 0 Å². The standard InChI is InChI=1S/C8H9F3N2O2/c1-2-3-13-6(8(9,10)11)5(4-12-13)7(14)15/h4H,2-3H2,1H3,(H,14,15). The van der Waals surface area contributed by atoms with Crippen molar-refractivity contribution in [3.8, 4) is 0 Å². The third kappa shape index (κ3) is 2.28. The second-order valence-electron chi connectivity index (χ2n) is 2.93. The van der Waals surface area contributed by atoms with Gasteiger partial charge in [0, 0.05) is 6.54 Å². The van der Waals surface area contributed by atoms with Gasteiger partial charge in [0.1, 0.15) is 5.56 Å². The molecule has 1 rings (SSSR count). The Balaban J connectivity index is 3.27. The Morgan fingerprint density at radius 2 is 2.20 bits per heavy atom. The maximum absolute atomic E-state index is 12.5. The van der Waals surface area contributed by atoms with E-state index < -0.39 is 23.4 Å². The number of hydrogen-bond donors (Lipinski definition) is 1. The van der Waals surface area contributed by atoms with Gasteiger partial charge in [-0.25, -0.2) is 4.79 Å². The molecule has 0 atom stereocenters. The van der Waals surface area contributed by atoms with Gasteiger partial charge < -0.3 is 5.11 Å². The van der Waals surface area contributed by atoms with Crippen LogP contribution >= 0.6 is 0 Å². The number of alkyl halides is 3. The van der Waals surface area contributed by atoms with Crippen LogP contribution in [0.2, 0.25) is 0 Å². The molecule has 4 nitrogen and oxygen atoms in total. The third-order valence-electron chi connectivity index (χ3n) is 1.77. The van der Waals surface area contributed by atoms with Crippen LogP contribution in [-0.4, -0.2) is 20.9 Å². The summed E-state index contributed by atoms with van der Waals surface area (Å²) in [5.74, 6) is -1.62. The third-order valence-corrected chi connectivity index (χ3v) is 1.77. The first kappa shape index (κ1) is 11.5. The molecule has 0 spiro atoms. The largest absolute Gasteiger partial charge is 0.478 e. The van der Waals surface area contributed by atoms with Gasteiger partial charge in [-0.2, -0.15) is 18.3 Å². The van der Waals surface area contributed by atoms with E-state index in [1.807, 2.05) is 0 Å². The smallest absolute Gasteiger partial charge is 0.433 e. The summed E-state index contributed by atoms with van der Waals surface area (Å²) in [6.45, 7) is 1.73.